The summed E-state index contributed by atoms with van der Waals surface area (Å²) in [4.78, 5) is 26.3. The zero-order valence-corrected chi connectivity index (χ0v) is 22.7. The molecule has 2 aliphatic rings. The van der Waals surface area contributed by atoms with Crippen LogP contribution in [0.2, 0.25) is 5.02 Å². The van der Waals surface area contributed by atoms with Crippen LogP contribution in [0, 0.1) is 16.7 Å². The molecule has 0 radical (unpaired) electrons. The van der Waals surface area contributed by atoms with E-state index in [1.54, 1.807) is 4.90 Å². The maximum Gasteiger partial charge on any atom is 0.322 e. The van der Waals surface area contributed by atoms with Crippen LogP contribution in [0.4, 0.5) is 4.79 Å². The summed E-state index contributed by atoms with van der Waals surface area (Å²) in [5.74, 6) is -1.21. The molecule has 6 nitrogen and oxygen atoms in total. The number of aryl methyl sites for hydroxylation is 1. The van der Waals surface area contributed by atoms with Gasteiger partial charge in [0.15, 0.2) is 0 Å². The van der Waals surface area contributed by atoms with Gasteiger partial charge in [0, 0.05) is 23.9 Å². The van der Waals surface area contributed by atoms with Gasteiger partial charge in [0.25, 0.3) is 0 Å². The third kappa shape index (κ3) is 6.03. The van der Waals surface area contributed by atoms with Gasteiger partial charge in [0.05, 0.1) is 11.5 Å². The summed E-state index contributed by atoms with van der Waals surface area (Å²) >= 11 is 6.75. The van der Waals surface area contributed by atoms with Gasteiger partial charge in [-0.05, 0) is 79.0 Å². The number of carboxylic acids is 1. The van der Waals surface area contributed by atoms with E-state index in [0.717, 1.165) is 36.0 Å². The molecular formula is C28H41ClN2O4. The van der Waals surface area contributed by atoms with Crippen LogP contribution < -0.4 is 5.32 Å². The molecule has 1 atom stereocenters. The summed E-state index contributed by atoms with van der Waals surface area (Å²) in [6, 6.07) is 5.73. The van der Waals surface area contributed by atoms with Crippen LogP contribution in [-0.4, -0.2) is 39.8 Å². The van der Waals surface area contributed by atoms with Gasteiger partial charge in [-0.15, -0.1) is 0 Å². The number of aliphatic carboxylic acids is 1. The minimum absolute atomic E-state index is 0.0979. The Labute approximate surface area is 214 Å². The van der Waals surface area contributed by atoms with Crippen molar-refractivity contribution in [2.24, 2.45) is 16.7 Å². The SMILES string of the molecule is CC(C)(C)CCc1ccc(C2(C)NC(=O)N(C3CC(C(=O)O)C3)C=C2C(C)(C)CCCO)cc1Cl. The number of carbonyl (C=O) groups is 2. The third-order valence-electron chi connectivity index (χ3n) is 7.72. The molecule has 35 heavy (non-hydrogen) atoms. The summed E-state index contributed by atoms with van der Waals surface area (Å²) in [6.45, 7) is 13.0. The zero-order chi connectivity index (χ0) is 26.2. The van der Waals surface area contributed by atoms with Crippen LogP contribution in [0.5, 0.6) is 0 Å². The van der Waals surface area contributed by atoms with Gasteiger partial charge in [-0.1, -0.05) is 58.4 Å². The maximum atomic E-state index is 13.3. The molecule has 0 spiro atoms. The van der Waals surface area contributed by atoms with Crippen LogP contribution in [0.15, 0.2) is 30.0 Å². The molecule has 3 N–H and O–H groups in total. The van der Waals surface area contributed by atoms with Crippen LogP contribution in [0.1, 0.15) is 84.8 Å². The molecule has 0 bridgehead atoms. The van der Waals surface area contributed by atoms with Crippen molar-refractivity contribution in [1.29, 1.82) is 0 Å². The molecule has 1 fully saturated rings. The van der Waals surface area contributed by atoms with Crippen LogP contribution in [-0.2, 0) is 16.8 Å². The first-order valence-corrected chi connectivity index (χ1v) is 13.0. The topological polar surface area (TPSA) is 89.9 Å². The van der Waals surface area contributed by atoms with Crippen molar-refractivity contribution >= 4 is 23.6 Å². The normalized spacial score (nSPS) is 25.1. The van der Waals surface area contributed by atoms with E-state index in [4.69, 9.17) is 11.6 Å². The van der Waals surface area contributed by atoms with E-state index in [9.17, 15) is 19.8 Å². The van der Waals surface area contributed by atoms with Crippen molar-refractivity contribution in [3.05, 3.63) is 46.1 Å². The second kappa shape index (κ2) is 10.1. The van der Waals surface area contributed by atoms with E-state index >= 15 is 0 Å². The van der Waals surface area contributed by atoms with E-state index < -0.39 is 17.4 Å². The number of benzene rings is 1. The minimum Gasteiger partial charge on any atom is -0.481 e. The number of hydrogen-bond donors (Lipinski definition) is 3. The molecule has 1 saturated carbocycles. The Balaban J connectivity index is 1.98. The number of urea groups is 1. The number of nitrogens with zero attached hydrogens (tertiary/aromatic N) is 1. The maximum absolute atomic E-state index is 13.3. The first-order valence-electron chi connectivity index (χ1n) is 12.6. The first kappa shape index (κ1) is 27.5. The Morgan fingerprint density at radius 1 is 1.20 bits per heavy atom. The molecule has 194 valence electrons. The summed E-state index contributed by atoms with van der Waals surface area (Å²) in [5, 5.41) is 22.7. The van der Waals surface area contributed by atoms with Gasteiger partial charge in [0.1, 0.15) is 0 Å². The molecule has 1 heterocycles. The largest absolute Gasteiger partial charge is 0.481 e. The molecule has 1 unspecified atom stereocenters. The van der Waals surface area contributed by atoms with Gasteiger partial charge in [0.2, 0.25) is 0 Å². The van der Waals surface area contributed by atoms with E-state index in [-0.39, 0.29) is 29.5 Å². The highest BCUT2D eigenvalue weighted by Gasteiger charge is 2.48. The number of rotatable bonds is 9. The van der Waals surface area contributed by atoms with Gasteiger partial charge < -0.3 is 15.5 Å². The molecule has 7 heteroatoms. The number of carbonyl (C=O) groups excluding carboxylic acids is 1. The molecule has 3 rings (SSSR count). The van der Waals surface area contributed by atoms with Gasteiger partial charge >= 0.3 is 12.0 Å². The van der Waals surface area contributed by atoms with Crippen molar-refractivity contribution in [1.82, 2.24) is 10.2 Å². The predicted molar refractivity (Wildman–Crippen MR) is 139 cm³/mol. The van der Waals surface area contributed by atoms with E-state index in [1.165, 1.54) is 0 Å². The van der Waals surface area contributed by atoms with E-state index in [2.05, 4.69) is 52.1 Å². The van der Waals surface area contributed by atoms with Crippen molar-refractivity contribution in [3.63, 3.8) is 0 Å². The quantitative estimate of drug-likeness (QED) is 0.378. The van der Waals surface area contributed by atoms with Crippen LogP contribution >= 0.6 is 11.6 Å². The zero-order valence-electron chi connectivity index (χ0n) is 21.9. The smallest absolute Gasteiger partial charge is 0.322 e. The second-order valence-electron chi connectivity index (χ2n) is 12.2. The minimum atomic E-state index is -0.808. The number of carboxylic acid groups (broad SMARTS) is 1. The lowest BCUT2D eigenvalue weighted by Gasteiger charge is -2.50. The highest BCUT2D eigenvalue weighted by molar-refractivity contribution is 6.31. The average Bonchev–Trinajstić information content (AvgIpc) is 2.70. The Kier molecular flexibility index (Phi) is 7.97. The molecule has 0 saturated heterocycles. The lowest BCUT2D eigenvalue weighted by atomic mass is 9.68. The number of aliphatic hydroxyl groups is 1. The highest BCUT2D eigenvalue weighted by atomic mass is 35.5. The van der Waals surface area contributed by atoms with Crippen LogP contribution in [0.25, 0.3) is 0 Å². The summed E-state index contributed by atoms with van der Waals surface area (Å²) < 4.78 is 0. The summed E-state index contributed by atoms with van der Waals surface area (Å²) in [7, 11) is 0. The van der Waals surface area contributed by atoms with Crippen molar-refractivity contribution in [3.8, 4) is 0 Å². The number of hydrogen-bond acceptors (Lipinski definition) is 3. The van der Waals surface area contributed by atoms with Crippen molar-refractivity contribution in [2.45, 2.75) is 91.6 Å². The molecule has 2 amide bonds. The fourth-order valence-corrected chi connectivity index (χ4v) is 5.54. The number of amides is 2. The Bertz CT molecular complexity index is 991. The predicted octanol–water partition coefficient (Wildman–Crippen LogP) is 6.10. The highest BCUT2D eigenvalue weighted by Crippen LogP contribution is 2.47. The lowest BCUT2D eigenvalue weighted by Crippen LogP contribution is -2.60. The number of halogens is 1. The Morgan fingerprint density at radius 3 is 2.40 bits per heavy atom. The number of aliphatic hydroxyl groups excluding tert-OH is 1. The average molecular weight is 505 g/mol. The fourth-order valence-electron chi connectivity index (χ4n) is 5.27. The van der Waals surface area contributed by atoms with Crippen molar-refractivity contribution in [2.75, 3.05) is 6.61 Å². The fraction of sp³-hybridized carbons (Fsp3) is 0.643. The number of nitrogens with one attached hydrogen (secondary N) is 1. The lowest BCUT2D eigenvalue weighted by molar-refractivity contribution is -0.146. The standard InChI is InChI=1S/C28H41ClN2O4/c1-26(2,3)12-10-18-8-9-20(16-22(18)29)28(6)23(27(4,5)11-7-13-32)17-31(25(35)30-28)21-14-19(15-21)24(33)34/h8-9,16-17,19,21,32H,7,10-15H2,1-6H3,(H,30,35)(H,33,34). The van der Waals surface area contributed by atoms with E-state index in [1.807, 2.05) is 19.2 Å². The molecule has 0 aromatic heterocycles. The van der Waals surface area contributed by atoms with E-state index in [0.29, 0.717) is 24.3 Å². The molecule has 1 aromatic carbocycles. The summed E-state index contributed by atoms with van der Waals surface area (Å²) in [5.41, 5.74) is 2.14. The second-order valence-corrected chi connectivity index (χ2v) is 12.7. The monoisotopic (exact) mass is 504 g/mol. The van der Waals surface area contributed by atoms with Crippen LogP contribution in [0.3, 0.4) is 0 Å². The first-order chi connectivity index (χ1) is 16.2. The van der Waals surface area contributed by atoms with Crippen molar-refractivity contribution < 1.29 is 19.8 Å². The molecule has 1 aromatic rings. The molecule has 1 aliphatic carbocycles. The summed E-state index contributed by atoms with van der Waals surface area (Å²) in [6.07, 6.45) is 6.13. The molecular weight excluding hydrogens is 464 g/mol. The van der Waals surface area contributed by atoms with Gasteiger partial charge in [-0.2, -0.15) is 0 Å². The molecule has 1 aliphatic heterocycles. The van der Waals surface area contributed by atoms with Gasteiger partial charge in [-0.3, -0.25) is 9.69 Å². The Morgan fingerprint density at radius 2 is 1.86 bits per heavy atom. The third-order valence-corrected chi connectivity index (χ3v) is 8.07. The Hall–Kier alpha value is -2.05. The van der Waals surface area contributed by atoms with Gasteiger partial charge in [-0.25, -0.2) is 4.79 Å².